The summed E-state index contributed by atoms with van der Waals surface area (Å²) >= 11 is 0. The molecule has 17 heavy (non-hydrogen) atoms. The Morgan fingerprint density at radius 2 is 2.41 bits per heavy atom. The number of carbonyl (C=O) groups excluding carboxylic acids is 1. The van der Waals surface area contributed by atoms with Crippen LogP contribution >= 0.6 is 0 Å². The fourth-order valence-electron chi connectivity index (χ4n) is 1.86. The Bertz CT molecular complexity index is 442. The van der Waals surface area contributed by atoms with Gasteiger partial charge in [0.1, 0.15) is 6.04 Å². The molecule has 0 bridgehead atoms. The minimum atomic E-state index is -0.998. The molecule has 0 spiro atoms. The second-order valence-electron chi connectivity index (χ2n) is 3.73. The summed E-state index contributed by atoms with van der Waals surface area (Å²) in [4.78, 5) is 24.2. The topological polar surface area (TPSA) is 92.9 Å². The lowest BCUT2D eigenvalue weighted by atomic mass is 10.2. The minimum Gasteiger partial charge on any atom is -0.480 e. The Kier molecular flexibility index (Phi) is 2.99. The maximum absolute atomic E-state index is 12.0. The minimum absolute atomic E-state index is 0.00463. The summed E-state index contributed by atoms with van der Waals surface area (Å²) in [6.45, 7) is 0.415. The van der Waals surface area contributed by atoms with Gasteiger partial charge in [0, 0.05) is 6.54 Å². The number of ether oxygens (including phenoxy) is 1. The Labute approximate surface area is 96.9 Å². The molecule has 1 saturated heterocycles. The molecule has 0 unspecified atom stereocenters. The van der Waals surface area contributed by atoms with Gasteiger partial charge in [-0.05, 0) is 18.0 Å². The number of methoxy groups -OCH3 is 1. The summed E-state index contributed by atoms with van der Waals surface area (Å²) in [6, 6.07) is 0.568. The lowest BCUT2D eigenvalue weighted by Crippen LogP contribution is -2.40. The van der Waals surface area contributed by atoms with Gasteiger partial charge in [-0.1, -0.05) is 0 Å². The number of likely N-dealkylation sites (tertiary alicyclic amines) is 1. The number of aliphatic carboxylic acids is 1. The van der Waals surface area contributed by atoms with Crippen LogP contribution in [0.4, 0.5) is 0 Å². The summed E-state index contributed by atoms with van der Waals surface area (Å²) in [5, 5.41) is 12.5. The van der Waals surface area contributed by atoms with Crippen molar-refractivity contribution in [3.8, 4) is 5.88 Å². The Morgan fingerprint density at radius 3 is 3.00 bits per heavy atom. The molecule has 1 aliphatic rings. The number of amides is 1. The van der Waals surface area contributed by atoms with E-state index in [1.165, 1.54) is 18.1 Å². The Morgan fingerprint density at radius 1 is 1.65 bits per heavy atom. The van der Waals surface area contributed by atoms with Crippen LogP contribution in [0, 0.1) is 0 Å². The van der Waals surface area contributed by atoms with Crippen molar-refractivity contribution in [3.05, 3.63) is 11.8 Å². The largest absolute Gasteiger partial charge is 0.480 e. The van der Waals surface area contributed by atoms with Gasteiger partial charge in [0.05, 0.1) is 13.2 Å². The molecule has 0 saturated carbocycles. The van der Waals surface area contributed by atoms with E-state index in [1.807, 2.05) is 0 Å². The lowest BCUT2D eigenvalue weighted by Gasteiger charge is -2.19. The van der Waals surface area contributed by atoms with E-state index >= 15 is 0 Å². The number of hydrogen-bond acceptors (Lipinski definition) is 5. The van der Waals surface area contributed by atoms with Crippen LogP contribution in [-0.2, 0) is 4.79 Å². The van der Waals surface area contributed by atoms with Gasteiger partial charge in [-0.3, -0.25) is 4.79 Å². The van der Waals surface area contributed by atoms with Crippen molar-refractivity contribution in [2.24, 2.45) is 0 Å². The second kappa shape index (κ2) is 4.44. The van der Waals surface area contributed by atoms with Crippen LogP contribution in [0.15, 0.2) is 10.6 Å². The van der Waals surface area contributed by atoms with Gasteiger partial charge < -0.3 is 19.3 Å². The first kappa shape index (κ1) is 11.4. The van der Waals surface area contributed by atoms with Gasteiger partial charge in [-0.25, -0.2) is 4.79 Å². The zero-order valence-electron chi connectivity index (χ0n) is 9.25. The third-order valence-electron chi connectivity index (χ3n) is 2.71. The number of carboxylic acid groups (broad SMARTS) is 1. The molecular formula is C10H12N2O5. The summed E-state index contributed by atoms with van der Waals surface area (Å²) in [6.07, 6.45) is 1.14. The summed E-state index contributed by atoms with van der Waals surface area (Å²) in [7, 11) is 1.40. The van der Waals surface area contributed by atoms with Crippen LogP contribution in [0.5, 0.6) is 5.88 Å². The SMILES string of the molecule is COc1cc(C(=O)N2CCC[C@@H]2C(=O)O)on1. The number of hydrogen-bond donors (Lipinski definition) is 1. The van der Waals surface area contributed by atoms with E-state index in [0.717, 1.165) is 0 Å². The maximum Gasteiger partial charge on any atom is 0.326 e. The van der Waals surface area contributed by atoms with Crippen molar-refractivity contribution in [2.75, 3.05) is 13.7 Å². The van der Waals surface area contributed by atoms with Crippen LogP contribution in [0.3, 0.4) is 0 Å². The molecule has 0 aromatic carbocycles. The zero-order chi connectivity index (χ0) is 12.4. The van der Waals surface area contributed by atoms with Crippen LogP contribution in [0.1, 0.15) is 23.4 Å². The zero-order valence-corrected chi connectivity index (χ0v) is 9.25. The maximum atomic E-state index is 12.0. The van der Waals surface area contributed by atoms with Crippen molar-refractivity contribution in [1.82, 2.24) is 10.1 Å². The van der Waals surface area contributed by atoms with Crippen molar-refractivity contribution < 1.29 is 24.0 Å². The fraction of sp³-hybridized carbons (Fsp3) is 0.500. The average molecular weight is 240 g/mol. The monoisotopic (exact) mass is 240 g/mol. The molecule has 2 rings (SSSR count). The highest BCUT2D eigenvalue weighted by Crippen LogP contribution is 2.21. The lowest BCUT2D eigenvalue weighted by molar-refractivity contribution is -0.141. The van der Waals surface area contributed by atoms with Gasteiger partial charge in [-0.15, -0.1) is 0 Å². The molecule has 2 heterocycles. The van der Waals surface area contributed by atoms with Gasteiger partial charge in [0.15, 0.2) is 0 Å². The number of rotatable bonds is 3. The molecule has 1 aliphatic heterocycles. The predicted octanol–water partition coefficient (Wildman–Crippen LogP) is 0.372. The smallest absolute Gasteiger partial charge is 0.326 e. The molecule has 1 aromatic heterocycles. The van der Waals surface area contributed by atoms with Crippen LogP contribution in [-0.4, -0.2) is 46.7 Å². The van der Waals surface area contributed by atoms with E-state index in [1.54, 1.807) is 0 Å². The molecule has 1 amide bonds. The van der Waals surface area contributed by atoms with Gasteiger partial charge in [-0.2, -0.15) is 0 Å². The fourth-order valence-corrected chi connectivity index (χ4v) is 1.86. The van der Waals surface area contributed by atoms with Crippen LogP contribution < -0.4 is 4.74 Å². The summed E-state index contributed by atoms with van der Waals surface area (Å²) in [5.74, 6) is -1.28. The van der Waals surface area contributed by atoms with Crippen LogP contribution in [0.2, 0.25) is 0 Å². The first-order chi connectivity index (χ1) is 8.13. The molecule has 1 aromatic rings. The van der Waals surface area contributed by atoms with Crippen molar-refractivity contribution in [1.29, 1.82) is 0 Å². The normalized spacial score (nSPS) is 19.4. The van der Waals surface area contributed by atoms with E-state index in [2.05, 4.69) is 5.16 Å². The van der Waals surface area contributed by atoms with Crippen molar-refractivity contribution in [3.63, 3.8) is 0 Å². The number of carboxylic acids is 1. The number of carbonyl (C=O) groups is 2. The summed E-state index contributed by atoms with van der Waals surface area (Å²) in [5.41, 5.74) is 0. The predicted molar refractivity (Wildman–Crippen MR) is 54.7 cm³/mol. The van der Waals surface area contributed by atoms with E-state index in [-0.39, 0.29) is 11.6 Å². The van der Waals surface area contributed by atoms with E-state index in [0.29, 0.717) is 19.4 Å². The number of nitrogens with zero attached hydrogens (tertiary/aromatic N) is 2. The average Bonchev–Trinajstić information content (AvgIpc) is 2.97. The van der Waals surface area contributed by atoms with Gasteiger partial charge in [0.2, 0.25) is 5.76 Å². The second-order valence-corrected chi connectivity index (χ2v) is 3.73. The molecule has 92 valence electrons. The quantitative estimate of drug-likeness (QED) is 0.820. The molecular weight excluding hydrogens is 228 g/mol. The molecule has 0 radical (unpaired) electrons. The summed E-state index contributed by atoms with van der Waals surface area (Å²) < 4.78 is 9.59. The standard InChI is InChI=1S/C10H12N2O5/c1-16-8-5-7(17-11-8)9(13)12-4-2-3-6(12)10(14)15/h5-6H,2-4H2,1H3,(H,14,15)/t6-/m1/s1. The Balaban J connectivity index is 2.16. The molecule has 1 fully saturated rings. The van der Waals surface area contributed by atoms with Crippen molar-refractivity contribution in [2.45, 2.75) is 18.9 Å². The highest BCUT2D eigenvalue weighted by molar-refractivity contribution is 5.94. The van der Waals surface area contributed by atoms with E-state index in [4.69, 9.17) is 14.4 Å². The third kappa shape index (κ3) is 2.08. The highest BCUT2D eigenvalue weighted by atomic mass is 16.5. The first-order valence-corrected chi connectivity index (χ1v) is 5.18. The molecule has 7 nitrogen and oxygen atoms in total. The van der Waals surface area contributed by atoms with Crippen molar-refractivity contribution >= 4 is 11.9 Å². The number of aromatic nitrogens is 1. The van der Waals surface area contributed by atoms with E-state index < -0.39 is 17.9 Å². The van der Waals surface area contributed by atoms with Gasteiger partial charge >= 0.3 is 5.97 Å². The van der Waals surface area contributed by atoms with Gasteiger partial charge in [0.25, 0.3) is 11.8 Å². The molecule has 1 atom stereocenters. The highest BCUT2D eigenvalue weighted by Gasteiger charge is 2.36. The molecule has 1 N–H and O–H groups in total. The molecule has 0 aliphatic carbocycles. The van der Waals surface area contributed by atoms with E-state index in [9.17, 15) is 9.59 Å². The third-order valence-corrected chi connectivity index (χ3v) is 2.71. The first-order valence-electron chi connectivity index (χ1n) is 5.18. The van der Waals surface area contributed by atoms with Crippen LogP contribution in [0.25, 0.3) is 0 Å². The molecule has 7 heteroatoms. The Hall–Kier alpha value is -2.05.